The number of primary amides is 1. The molecule has 0 aromatic carbocycles. The Hall–Kier alpha value is -1.43. The largest absolute Gasteiger partial charge is 0.368 e. The first-order valence-electron chi connectivity index (χ1n) is 6.17. The van der Waals surface area contributed by atoms with Crippen LogP contribution in [0.15, 0.2) is 0 Å². The lowest BCUT2D eigenvalue weighted by Crippen LogP contribution is -2.52. The van der Waals surface area contributed by atoms with Crippen LogP contribution in [0.1, 0.15) is 34.1 Å². The summed E-state index contributed by atoms with van der Waals surface area (Å²) in [6.45, 7) is 7.24. The van der Waals surface area contributed by atoms with Crippen LogP contribution in [0.4, 0.5) is 0 Å². The molecule has 0 saturated carbocycles. The lowest BCUT2D eigenvalue weighted by atomic mass is 10.0. The second kappa shape index (κ2) is 5.48. The van der Waals surface area contributed by atoms with Gasteiger partial charge in [0.25, 0.3) is 0 Å². The van der Waals surface area contributed by atoms with Crippen molar-refractivity contribution in [1.29, 1.82) is 0 Å². The summed E-state index contributed by atoms with van der Waals surface area (Å²) in [7, 11) is 0. The second-order valence-corrected chi connectivity index (χ2v) is 5.24. The highest BCUT2D eigenvalue weighted by molar-refractivity contribution is 6.06. The van der Waals surface area contributed by atoms with Crippen LogP contribution in [-0.4, -0.2) is 40.7 Å². The summed E-state index contributed by atoms with van der Waals surface area (Å²) in [5.41, 5.74) is 5.28. The van der Waals surface area contributed by atoms with Crippen LogP contribution in [0, 0.1) is 5.92 Å². The van der Waals surface area contributed by atoms with Gasteiger partial charge in [-0.1, -0.05) is 13.8 Å². The maximum Gasteiger partial charge on any atom is 0.247 e. The number of nitrogens with two attached hydrogens (primary N) is 1. The smallest absolute Gasteiger partial charge is 0.247 e. The number of hydrogen-bond donors (Lipinski definition) is 2. The van der Waals surface area contributed by atoms with E-state index in [9.17, 15) is 14.4 Å². The zero-order valence-corrected chi connectivity index (χ0v) is 11.3. The van der Waals surface area contributed by atoms with Crippen LogP contribution in [-0.2, 0) is 14.4 Å². The van der Waals surface area contributed by atoms with E-state index in [1.807, 2.05) is 13.8 Å². The van der Waals surface area contributed by atoms with Gasteiger partial charge in [-0.2, -0.15) is 0 Å². The minimum absolute atomic E-state index is 0.0292. The molecule has 0 bridgehead atoms. The summed E-state index contributed by atoms with van der Waals surface area (Å²) >= 11 is 0. The van der Waals surface area contributed by atoms with E-state index in [1.54, 1.807) is 13.8 Å². The highest BCUT2D eigenvalue weighted by Gasteiger charge is 2.41. The molecule has 0 aromatic rings. The van der Waals surface area contributed by atoms with Crippen LogP contribution < -0.4 is 11.1 Å². The second-order valence-electron chi connectivity index (χ2n) is 5.24. The number of nitrogens with one attached hydrogen (secondary N) is 1. The van der Waals surface area contributed by atoms with Gasteiger partial charge in [0.1, 0.15) is 0 Å². The van der Waals surface area contributed by atoms with Gasteiger partial charge in [-0.05, 0) is 19.8 Å². The highest BCUT2D eigenvalue weighted by atomic mass is 16.2. The Morgan fingerprint density at radius 3 is 2.22 bits per heavy atom. The summed E-state index contributed by atoms with van der Waals surface area (Å²) in [6, 6.07) is -1.40. The monoisotopic (exact) mass is 255 g/mol. The van der Waals surface area contributed by atoms with Crippen molar-refractivity contribution in [2.24, 2.45) is 11.7 Å². The predicted molar refractivity (Wildman–Crippen MR) is 66.4 cm³/mol. The fraction of sp³-hybridized carbons (Fsp3) is 0.750. The topological polar surface area (TPSA) is 92.5 Å². The molecule has 18 heavy (non-hydrogen) atoms. The molecular weight excluding hydrogens is 234 g/mol. The van der Waals surface area contributed by atoms with Crippen molar-refractivity contribution in [1.82, 2.24) is 10.2 Å². The summed E-state index contributed by atoms with van der Waals surface area (Å²) in [5.74, 6) is -1.02. The van der Waals surface area contributed by atoms with Gasteiger partial charge in [-0.3, -0.25) is 24.6 Å². The van der Waals surface area contributed by atoms with Gasteiger partial charge in [0, 0.05) is 6.04 Å². The number of nitrogens with zero attached hydrogens (tertiary/aromatic N) is 1. The SMILES string of the molecule is CC(C)C(NC1CC(=O)N(C(C)C)C1=O)C(N)=O. The van der Waals surface area contributed by atoms with Gasteiger partial charge in [0.15, 0.2) is 0 Å². The van der Waals surface area contributed by atoms with Crippen LogP contribution in [0.25, 0.3) is 0 Å². The zero-order chi connectivity index (χ0) is 14.0. The quantitative estimate of drug-likeness (QED) is 0.655. The van der Waals surface area contributed by atoms with Crippen molar-refractivity contribution < 1.29 is 14.4 Å². The van der Waals surface area contributed by atoms with Gasteiger partial charge in [-0.25, -0.2) is 0 Å². The minimum atomic E-state index is -0.639. The van der Waals surface area contributed by atoms with Crippen LogP contribution in [0.2, 0.25) is 0 Å². The normalized spacial score (nSPS) is 22.1. The molecule has 1 aliphatic rings. The first-order valence-corrected chi connectivity index (χ1v) is 6.17. The number of rotatable bonds is 5. The van der Waals surface area contributed by atoms with E-state index >= 15 is 0 Å². The molecule has 1 saturated heterocycles. The lowest BCUT2D eigenvalue weighted by molar-refractivity contribution is -0.140. The summed E-state index contributed by atoms with van der Waals surface area (Å²) < 4.78 is 0. The van der Waals surface area contributed by atoms with Gasteiger partial charge in [0.05, 0.1) is 18.5 Å². The molecule has 1 aliphatic heterocycles. The number of imide groups is 1. The molecule has 1 rings (SSSR count). The lowest BCUT2D eigenvalue weighted by Gasteiger charge is -2.23. The Labute approximate surface area is 107 Å². The van der Waals surface area contributed by atoms with E-state index in [2.05, 4.69) is 5.32 Å². The van der Waals surface area contributed by atoms with Crippen LogP contribution in [0.5, 0.6) is 0 Å². The molecule has 0 radical (unpaired) electrons. The Kier molecular flexibility index (Phi) is 4.45. The third-order valence-corrected chi connectivity index (χ3v) is 3.05. The Morgan fingerprint density at radius 2 is 1.89 bits per heavy atom. The molecule has 3 amide bonds. The molecule has 102 valence electrons. The first-order chi connectivity index (χ1) is 8.25. The van der Waals surface area contributed by atoms with Gasteiger partial charge in [-0.15, -0.1) is 0 Å². The third-order valence-electron chi connectivity index (χ3n) is 3.05. The van der Waals surface area contributed by atoms with Crippen LogP contribution >= 0.6 is 0 Å². The first kappa shape index (κ1) is 14.6. The number of likely N-dealkylation sites (tertiary alicyclic amines) is 1. The van der Waals surface area contributed by atoms with E-state index in [1.165, 1.54) is 4.90 Å². The van der Waals surface area contributed by atoms with Crippen molar-refractivity contribution in [3.05, 3.63) is 0 Å². The van der Waals surface area contributed by atoms with E-state index in [-0.39, 0.29) is 30.2 Å². The van der Waals surface area contributed by atoms with Gasteiger partial charge >= 0.3 is 0 Å². The molecule has 3 N–H and O–H groups in total. The molecule has 6 nitrogen and oxygen atoms in total. The van der Waals surface area contributed by atoms with Crippen molar-refractivity contribution in [2.75, 3.05) is 0 Å². The maximum atomic E-state index is 12.0. The summed E-state index contributed by atoms with van der Waals surface area (Å²) in [6.07, 6.45) is 0.0908. The third kappa shape index (κ3) is 2.87. The molecule has 1 fully saturated rings. The number of carbonyl (C=O) groups excluding carboxylic acids is 3. The van der Waals surface area contributed by atoms with E-state index in [0.717, 1.165) is 0 Å². The number of hydrogen-bond acceptors (Lipinski definition) is 4. The number of carbonyl (C=O) groups is 3. The zero-order valence-electron chi connectivity index (χ0n) is 11.3. The molecule has 0 aliphatic carbocycles. The van der Waals surface area contributed by atoms with Crippen molar-refractivity contribution in [3.63, 3.8) is 0 Å². The summed E-state index contributed by atoms with van der Waals surface area (Å²) in [5, 5.41) is 2.89. The van der Waals surface area contributed by atoms with Gasteiger partial charge < -0.3 is 5.73 Å². The minimum Gasteiger partial charge on any atom is -0.368 e. The average Bonchev–Trinajstić information content (AvgIpc) is 2.49. The Morgan fingerprint density at radius 1 is 1.33 bits per heavy atom. The van der Waals surface area contributed by atoms with Crippen LogP contribution in [0.3, 0.4) is 0 Å². The highest BCUT2D eigenvalue weighted by Crippen LogP contribution is 2.17. The molecule has 1 heterocycles. The van der Waals surface area contributed by atoms with Crippen molar-refractivity contribution in [2.45, 2.75) is 52.2 Å². The Bertz CT molecular complexity index is 366. The van der Waals surface area contributed by atoms with Crippen molar-refractivity contribution >= 4 is 17.7 Å². The maximum absolute atomic E-state index is 12.0. The van der Waals surface area contributed by atoms with Crippen molar-refractivity contribution in [3.8, 4) is 0 Å². The predicted octanol–water partition coefficient (Wildman–Crippen LogP) is -0.378. The van der Waals surface area contributed by atoms with E-state index in [0.29, 0.717) is 0 Å². The standard InChI is InChI=1S/C12H21N3O3/c1-6(2)10(11(13)17)14-8-5-9(16)15(7(3)4)12(8)18/h6-8,10,14H,5H2,1-4H3,(H2,13,17). The fourth-order valence-electron chi connectivity index (χ4n) is 2.14. The fourth-order valence-corrected chi connectivity index (χ4v) is 2.14. The van der Waals surface area contributed by atoms with E-state index < -0.39 is 18.0 Å². The number of amides is 3. The molecule has 0 aromatic heterocycles. The molecular formula is C12H21N3O3. The molecule has 6 heteroatoms. The molecule has 2 atom stereocenters. The average molecular weight is 255 g/mol. The van der Waals surface area contributed by atoms with E-state index in [4.69, 9.17) is 5.73 Å². The van der Waals surface area contributed by atoms with Gasteiger partial charge in [0.2, 0.25) is 17.7 Å². The molecule has 0 spiro atoms. The summed E-state index contributed by atoms with van der Waals surface area (Å²) in [4.78, 5) is 36.2. The molecule has 2 unspecified atom stereocenters. The Balaban J connectivity index is 2.78.